The number of H-pyrrole nitrogens is 2. The van der Waals surface area contributed by atoms with Gasteiger partial charge < -0.3 is 36.8 Å². The van der Waals surface area contributed by atoms with Crippen molar-refractivity contribution in [2.45, 2.75) is 50.9 Å². The van der Waals surface area contributed by atoms with E-state index in [9.17, 15) is 24.3 Å². The van der Waals surface area contributed by atoms with Crippen LogP contribution in [0.5, 0.6) is 0 Å². The first-order valence-corrected chi connectivity index (χ1v) is 14.3. The van der Waals surface area contributed by atoms with E-state index in [0.717, 1.165) is 32.9 Å². The predicted octanol–water partition coefficient (Wildman–Crippen LogP) is 1.89. The third-order valence-corrected chi connectivity index (χ3v) is 7.65. The van der Waals surface area contributed by atoms with Gasteiger partial charge in [0.15, 0.2) is 0 Å². The average Bonchev–Trinajstić information content (AvgIpc) is 3.58. The van der Waals surface area contributed by atoms with E-state index in [0.29, 0.717) is 0 Å². The van der Waals surface area contributed by atoms with Crippen LogP contribution in [0.3, 0.4) is 0 Å². The summed E-state index contributed by atoms with van der Waals surface area (Å²) >= 11 is 4.22. The number of aromatic amines is 2. The van der Waals surface area contributed by atoms with Crippen LogP contribution >= 0.6 is 12.6 Å². The van der Waals surface area contributed by atoms with Gasteiger partial charge in [0.05, 0.1) is 6.04 Å². The van der Waals surface area contributed by atoms with Crippen molar-refractivity contribution >= 4 is 58.1 Å². The monoisotopic (exact) mass is 592 g/mol. The van der Waals surface area contributed by atoms with E-state index in [-0.39, 0.29) is 24.5 Å². The Hall–Kier alpha value is -4.29. The first kappa shape index (κ1) is 30.7. The number of carboxylic acid groups (broad SMARTS) is 1. The number of aliphatic carboxylic acids is 1. The van der Waals surface area contributed by atoms with E-state index in [1.165, 1.54) is 0 Å². The highest BCUT2D eigenvalue weighted by Crippen LogP contribution is 2.21. The number of benzene rings is 2. The number of fused-ring (bicyclic) bond motifs is 2. The zero-order valence-corrected chi connectivity index (χ0v) is 24.3. The Morgan fingerprint density at radius 1 is 0.762 bits per heavy atom. The molecule has 11 nitrogen and oxygen atoms in total. The van der Waals surface area contributed by atoms with Crippen LogP contribution in [0.2, 0.25) is 0 Å². The lowest BCUT2D eigenvalue weighted by Gasteiger charge is -2.25. The van der Waals surface area contributed by atoms with Crippen molar-refractivity contribution < 1.29 is 24.3 Å². The molecule has 0 spiro atoms. The first-order chi connectivity index (χ1) is 20.1. The molecule has 8 N–H and O–H groups in total. The van der Waals surface area contributed by atoms with Gasteiger partial charge in [0.2, 0.25) is 17.7 Å². The number of hydrogen-bond donors (Lipinski definition) is 8. The summed E-state index contributed by atoms with van der Waals surface area (Å²) in [5, 5.41) is 19.6. The lowest BCUT2D eigenvalue weighted by atomic mass is 10.0. The minimum absolute atomic E-state index is 0.0290. The number of nitrogens with two attached hydrogens (primary N) is 1. The van der Waals surface area contributed by atoms with Crippen molar-refractivity contribution in [2.24, 2.45) is 11.7 Å². The topological polar surface area (TPSA) is 182 Å². The average molecular weight is 593 g/mol. The van der Waals surface area contributed by atoms with E-state index < -0.39 is 47.9 Å². The number of amides is 3. The number of carboxylic acids is 1. The molecule has 2 heterocycles. The number of carbonyl (C=O) groups excluding carboxylic acids is 3. The van der Waals surface area contributed by atoms with Crippen LogP contribution in [0.25, 0.3) is 21.8 Å². The van der Waals surface area contributed by atoms with E-state index in [1.807, 2.05) is 48.5 Å². The number of para-hydroxylation sites is 2. The third-order valence-electron chi connectivity index (χ3n) is 7.28. The molecule has 222 valence electrons. The molecular weight excluding hydrogens is 556 g/mol. The van der Waals surface area contributed by atoms with E-state index in [4.69, 9.17) is 5.73 Å². The predicted molar refractivity (Wildman–Crippen MR) is 164 cm³/mol. The highest BCUT2D eigenvalue weighted by atomic mass is 32.1. The molecule has 0 radical (unpaired) electrons. The Labute approximate surface area is 248 Å². The number of rotatable bonds is 13. The van der Waals surface area contributed by atoms with Crippen LogP contribution < -0.4 is 21.7 Å². The molecule has 2 aromatic heterocycles. The van der Waals surface area contributed by atoms with Gasteiger partial charge in [-0.3, -0.25) is 14.4 Å². The van der Waals surface area contributed by atoms with E-state index in [2.05, 4.69) is 38.5 Å². The summed E-state index contributed by atoms with van der Waals surface area (Å²) in [5.41, 5.74) is 9.12. The number of aromatic nitrogens is 2. The molecule has 0 saturated carbocycles. The highest BCUT2D eigenvalue weighted by Gasteiger charge is 2.31. The van der Waals surface area contributed by atoms with Gasteiger partial charge in [-0.1, -0.05) is 50.2 Å². The smallest absolute Gasteiger partial charge is 0.326 e. The second-order valence-corrected chi connectivity index (χ2v) is 11.0. The van der Waals surface area contributed by atoms with Gasteiger partial charge in [-0.2, -0.15) is 12.6 Å². The van der Waals surface area contributed by atoms with Crippen molar-refractivity contribution in [1.29, 1.82) is 0 Å². The summed E-state index contributed by atoms with van der Waals surface area (Å²) in [6.07, 6.45) is 3.57. The molecule has 0 fully saturated rings. The third kappa shape index (κ3) is 7.12. The number of thiol groups is 1. The minimum atomic E-state index is -1.26. The summed E-state index contributed by atoms with van der Waals surface area (Å²) in [7, 11) is 0. The molecule has 0 aliphatic heterocycles. The fourth-order valence-corrected chi connectivity index (χ4v) is 5.02. The lowest BCUT2D eigenvalue weighted by molar-refractivity contribution is -0.142. The molecular formula is C30H36N6O5S. The van der Waals surface area contributed by atoms with Crippen LogP contribution in [-0.4, -0.2) is 68.7 Å². The van der Waals surface area contributed by atoms with Crippen LogP contribution in [-0.2, 0) is 32.0 Å². The number of nitrogens with one attached hydrogen (secondary N) is 5. The van der Waals surface area contributed by atoms with Crippen molar-refractivity contribution in [3.63, 3.8) is 0 Å². The maximum atomic E-state index is 13.6. The standard InChI is InChI=1S/C30H36N6O5S/c1-16(2)26(31)29(39)36-25(15-42)28(38)34-23(11-17-13-32-21-9-5-3-7-19(17)21)27(37)35-24(30(40)41)12-18-14-33-22-10-6-4-8-20(18)22/h3-10,13-14,16,23-26,32-33,42H,11-12,15,31H2,1-2H3,(H,34,38)(H,35,37)(H,36,39)(H,40,41). The van der Waals surface area contributed by atoms with Gasteiger partial charge >= 0.3 is 5.97 Å². The molecule has 0 saturated heterocycles. The maximum absolute atomic E-state index is 13.6. The summed E-state index contributed by atoms with van der Waals surface area (Å²) in [6.45, 7) is 3.58. The van der Waals surface area contributed by atoms with E-state index in [1.54, 1.807) is 26.2 Å². The zero-order chi connectivity index (χ0) is 30.4. The zero-order valence-electron chi connectivity index (χ0n) is 23.4. The molecule has 0 aliphatic carbocycles. The van der Waals surface area contributed by atoms with Gasteiger partial charge in [0.25, 0.3) is 0 Å². The van der Waals surface area contributed by atoms with Crippen LogP contribution in [0, 0.1) is 5.92 Å². The molecule has 12 heteroatoms. The number of carbonyl (C=O) groups is 4. The molecule has 4 aromatic rings. The molecule has 4 unspecified atom stereocenters. The fraction of sp³-hybridized carbons (Fsp3) is 0.333. The summed E-state index contributed by atoms with van der Waals surface area (Å²) in [6, 6.07) is 10.7. The van der Waals surface area contributed by atoms with Crippen LogP contribution in [0.1, 0.15) is 25.0 Å². The summed E-state index contributed by atoms with van der Waals surface area (Å²) < 4.78 is 0. The lowest BCUT2D eigenvalue weighted by Crippen LogP contribution is -2.58. The minimum Gasteiger partial charge on any atom is -0.480 e. The molecule has 0 aliphatic rings. The maximum Gasteiger partial charge on any atom is 0.326 e. The fourth-order valence-electron chi connectivity index (χ4n) is 4.76. The quantitative estimate of drug-likeness (QED) is 0.110. The van der Waals surface area contributed by atoms with Gasteiger partial charge in [0, 0.05) is 52.8 Å². The molecule has 2 aromatic carbocycles. The molecule has 4 atom stereocenters. The van der Waals surface area contributed by atoms with Crippen LogP contribution in [0.15, 0.2) is 60.9 Å². The Balaban J connectivity index is 1.56. The SMILES string of the molecule is CC(C)C(N)C(=O)NC(CS)C(=O)NC(Cc1c[nH]c2ccccc12)C(=O)NC(Cc1c[nH]c2ccccc12)C(=O)O. The summed E-state index contributed by atoms with van der Waals surface area (Å²) in [5.74, 6) is -3.24. The van der Waals surface area contributed by atoms with Gasteiger partial charge in [-0.05, 0) is 29.2 Å². The van der Waals surface area contributed by atoms with Gasteiger partial charge in [-0.25, -0.2) is 4.79 Å². The van der Waals surface area contributed by atoms with Crippen molar-refractivity contribution in [1.82, 2.24) is 25.9 Å². The second-order valence-electron chi connectivity index (χ2n) is 10.6. The molecule has 3 amide bonds. The first-order valence-electron chi connectivity index (χ1n) is 13.7. The Bertz CT molecular complexity index is 1580. The Kier molecular flexibility index (Phi) is 9.92. The molecule has 4 rings (SSSR count). The molecule has 42 heavy (non-hydrogen) atoms. The van der Waals surface area contributed by atoms with Crippen molar-refractivity contribution in [3.8, 4) is 0 Å². The Morgan fingerprint density at radius 2 is 1.21 bits per heavy atom. The second kappa shape index (κ2) is 13.6. The normalized spacial score (nSPS) is 14.3. The molecule has 0 bridgehead atoms. The largest absolute Gasteiger partial charge is 0.480 e. The van der Waals surface area contributed by atoms with Crippen molar-refractivity contribution in [2.75, 3.05) is 5.75 Å². The van der Waals surface area contributed by atoms with E-state index >= 15 is 0 Å². The summed E-state index contributed by atoms with van der Waals surface area (Å²) in [4.78, 5) is 58.0. The highest BCUT2D eigenvalue weighted by molar-refractivity contribution is 7.80. The van der Waals surface area contributed by atoms with Gasteiger partial charge in [-0.15, -0.1) is 0 Å². The van der Waals surface area contributed by atoms with Gasteiger partial charge in [0.1, 0.15) is 18.1 Å². The Morgan fingerprint density at radius 3 is 1.71 bits per heavy atom. The van der Waals surface area contributed by atoms with Crippen molar-refractivity contribution in [3.05, 3.63) is 72.1 Å². The number of hydrogen-bond acceptors (Lipinski definition) is 6. The van der Waals surface area contributed by atoms with Crippen LogP contribution in [0.4, 0.5) is 0 Å².